The molecule has 0 saturated heterocycles. The van der Waals surface area contributed by atoms with Gasteiger partial charge in [0.1, 0.15) is 0 Å². The lowest BCUT2D eigenvalue weighted by atomic mass is 9.97. The van der Waals surface area contributed by atoms with E-state index >= 15 is 0 Å². The van der Waals surface area contributed by atoms with E-state index in [0.717, 1.165) is 23.0 Å². The molecule has 0 saturated carbocycles. The van der Waals surface area contributed by atoms with E-state index in [0.29, 0.717) is 5.92 Å². The first-order chi connectivity index (χ1) is 8.41. The SMILES string of the molecule is CC(C)CC(N)c1ccc2c(c1)n(C)c(=O)n2C. The molecule has 0 bridgehead atoms. The Morgan fingerprint density at radius 3 is 2.39 bits per heavy atom. The monoisotopic (exact) mass is 247 g/mol. The summed E-state index contributed by atoms with van der Waals surface area (Å²) in [5, 5.41) is 0. The van der Waals surface area contributed by atoms with Gasteiger partial charge in [-0.05, 0) is 30.0 Å². The molecule has 98 valence electrons. The second kappa shape index (κ2) is 4.61. The average molecular weight is 247 g/mol. The van der Waals surface area contributed by atoms with Crippen LogP contribution in [0.25, 0.3) is 11.0 Å². The van der Waals surface area contributed by atoms with E-state index in [9.17, 15) is 4.79 Å². The number of nitrogens with two attached hydrogens (primary N) is 1. The van der Waals surface area contributed by atoms with E-state index in [1.165, 1.54) is 0 Å². The van der Waals surface area contributed by atoms with E-state index in [2.05, 4.69) is 13.8 Å². The molecule has 2 N–H and O–H groups in total. The Morgan fingerprint density at radius 2 is 1.78 bits per heavy atom. The molecule has 1 unspecified atom stereocenters. The quantitative estimate of drug-likeness (QED) is 0.901. The maximum atomic E-state index is 11.8. The Bertz CT molecular complexity index is 622. The lowest BCUT2D eigenvalue weighted by Crippen LogP contribution is -2.19. The number of nitrogens with zero attached hydrogens (tertiary/aromatic N) is 2. The molecule has 0 aliphatic rings. The molecule has 2 aromatic rings. The van der Waals surface area contributed by atoms with Gasteiger partial charge in [-0.2, -0.15) is 0 Å². The van der Waals surface area contributed by atoms with Crippen molar-refractivity contribution in [3.8, 4) is 0 Å². The lowest BCUT2D eigenvalue weighted by molar-refractivity contribution is 0.510. The molecule has 1 aromatic heterocycles. The predicted molar refractivity (Wildman–Crippen MR) is 74.5 cm³/mol. The number of imidazole rings is 1. The van der Waals surface area contributed by atoms with Crippen molar-refractivity contribution in [2.75, 3.05) is 0 Å². The molecule has 2 rings (SSSR count). The maximum absolute atomic E-state index is 11.8. The molecule has 4 nitrogen and oxygen atoms in total. The average Bonchev–Trinajstić information content (AvgIpc) is 2.53. The molecule has 1 aromatic carbocycles. The fourth-order valence-corrected chi connectivity index (χ4v) is 2.40. The maximum Gasteiger partial charge on any atom is 0.328 e. The van der Waals surface area contributed by atoms with Crippen LogP contribution in [0, 0.1) is 5.92 Å². The summed E-state index contributed by atoms with van der Waals surface area (Å²) in [6.07, 6.45) is 0.951. The van der Waals surface area contributed by atoms with Crippen LogP contribution in [-0.2, 0) is 14.1 Å². The molecule has 18 heavy (non-hydrogen) atoms. The van der Waals surface area contributed by atoms with Crippen LogP contribution in [0.1, 0.15) is 31.9 Å². The number of aromatic nitrogens is 2. The van der Waals surface area contributed by atoms with E-state index in [-0.39, 0.29) is 11.7 Å². The molecular weight excluding hydrogens is 226 g/mol. The van der Waals surface area contributed by atoms with Gasteiger partial charge in [0.25, 0.3) is 0 Å². The number of aryl methyl sites for hydroxylation is 2. The van der Waals surface area contributed by atoms with Crippen molar-refractivity contribution in [1.29, 1.82) is 0 Å². The standard InChI is InChI=1S/C14H21N3O/c1-9(2)7-11(15)10-5-6-12-13(8-10)17(4)14(18)16(12)3/h5-6,8-9,11H,7,15H2,1-4H3. The van der Waals surface area contributed by atoms with Crippen LogP contribution in [0.4, 0.5) is 0 Å². The van der Waals surface area contributed by atoms with Crippen molar-refractivity contribution >= 4 is 11.0 Å². The van der Waals surface area contributed by atoms with Crippen molar-refractivity contribution in [2.24, 2.45) is 25.7 Å². The Labute approximate surface area is 107 Å². The van der Waals surface area contributed by atoms with Gasteiger partial charge in [-0.3, -0.25) is 9.13 Å². The van der Waals surface area contributed by atoms with Gasteiger partial charge >= 0.3 is 5.69 Å². The molecule has 1 heterocycles. The molecule has 0 radical (unpaired) electrons. The molecule has 0 aliphatic heterocycles. The number of benzene rings is 1. The van der Waals surface area contributed by atoms with Crippen molar-refractivity contribution in [3.63, 3.8) is 0 Å². The summed E-state index contributed by atoms with van der Waals surface area (Å²) in [5.74, 6) is 0.565. The van der Waals surface area contributed by atoms with Crippen LogP contribution >= 0.6 is 0 Å². The summed E-state index contributed by atoms with van der Waals surface area (Å²) in [6, 6.07) is 6.06. The first-order valence-corrected chi connectivity index (χ1v) is 6.32. The zero-order chi connectivity index (χ0) is 13.4. The van der Waals surface area contributed by atoms with Crippen molar-refractivity contribution < 1.29 is 0 Å². The minimum Gasteiger partial charge on any atom is -0.324 e. The normalized spacial score (nSPS) is 13.4. The second-order valence-electron chi connectivity index (χ2n) is 5.38. The van der Waals surface area contributed by atoms with Crippen LogP contribution in [0.5, 0.6) is 0 Å². The highest BCUT2D eigenvalue weighted by molar-refractivity contribution is 5.77. The third-order valence-corrected chi connectivity index (χ3v) is 3.45. The van der Waals surface area contributed by atoms with Gasteiger partial charge in [-0.15, -0.1) is 0 Å². The van der Waals surface area contributed by atoms with E-state index in [1.54, 1.807) is 23.2 Å². The third-order valence-electron chi connectivity index (χ3n) is 3.45. The van der Waals surface area contributed by atoms with Crippen molar-refractivity contribution in [3.05, 3.63) is 34.2 Å². The van der Waals surface area contributed by atoms with Crippen LogP contribution in [0.15, 0.2) is 23.0 Å². The van der Waals surface area contributed by atoms with Crippen LogP contribution < -0.4 is 11.4 Å². The van der Waals surface area contributed by atoms with Crippen molar-refractivity contribution in [2.45, 2.75) is 26.3 Å². The number of hydrogen-bond acceptors (Lipinski definition) is 2. The highest BCUT2D eigenvalue weighted by Crippen LogP contribution is 2.22. The Morgan fingerprint density at radius 1 is 1.17 bits per heavy atom. The second-order valence-corrected chi connectivity index (χ2v) is 5.38. The summed E-state index contributed by atoms with van der Waals surface area (Å²) in [7, 11) is 3.58. The summed E-state index contributed by atoms with van der Waals surface area (Å²) in [4.78, 5) is 11.8. The van der Waals surface area contributed by atoms with Gasteiger partial charge in [0, 0.05) is 20.1 Å². The van der Waals surface area contributed by atoms with Gasteiger partial charge in [-0.1, -0.05) is 19.9 Å². The highest BCUT2D eigenvalue weighted by atomic mass is 16.1. The van der Waals surface area contributed by atoms with Crippen LogP contribution in [-0.4, -0.2) is 9.13 Å². The molecule has 1 atom stereocenters. The molecule has 0 spiro atoms. The zero-order valence-corrected chi connectivity index (χ0v) is 11.5. The minimum atomic E-state index is -0.000388. The number of hydrogen-bond donors (Lipinski definition) is 1. The molecule has 0 amide bonds. The summed E-state index contributed by atoms with van der Waals surface area (Å²) >= 11 is 0. The Balaban J connectivity index is 2.51. The van der Waals surface area contributed by atoms with Gasteiger partial charge in [0.15, 0.2) is 0 Å². The van der Waals surface area contributed by atoms with Gasteiger partial charge in [0.2, 0.25) is 0 Å². The van der Waals surface area contributed by atoms with Crippen LogP contribution in [0.2, 0.25) is 0 Å². The molecular formula is C14H21N3O. The number of rotatable bonds is 3. The minimum absolute atomic E-state index is 0.000388. The van der Waals surface area contributed by atoms with Gasteiger partial charge in [-0.25, -0.2) is 4.79 Å². The zero-order valence-electron chi connectivity index (χ0n) is 11.5. The van der Waals surface area contributed by atoms with Gasteiger partial charge < -0.3 is 5.73 Å². The van der Waals surface area contributed by atoms with E-state index in [4.69, 9.17) is 5.73 Å². The Kier molecular flexibility index (Phi) is 3.30. The first kappa shape index (κ1) is 12.9. The first-order valence-electron chi connectivity index (χ1n) is 6.32. The fourth-order valence-electron chi connectivity index (χ4n) is 2.40. The van der Waals surface area contributed by atoms with Crippen LogP contribution in [0.3, 0.4) is 0 Å². The fraction of sp³-hybridized carbons (Fsp3) is 0.500. The van der Waals surface area contributed by atoms with Gasteiger partial charge in [0.05, 0.1) is 11.0 Å². The predicted octanol–water partition coefficient (Wildman–Crippen LogP) is 1.92. The lowest BCUT2D eigenvalue weighted by Gasteiger charge is -2.14. The summed E-state index contributed by atoms with van der Waals surface area (Å²) in [5.41, 5.74) is 9.17. The molecule has 0 aliphatic carbocycles. The molecule has 4 heteroatoms. The highest BCUT2D eigenvalue weighted by Gasteiger charge is 2.12. The summed E-state index contributed by atoms with van der Waals surface area (Å²) in [6.45, 7) is 4.33. The summed E-state index contributed by atoms with van der Waals surface area (Å²) < 4.78 is 3.33. The third kappa shape index (κ3) is 2.08. The number of fused-ring (bicyclic) bond motifs is 1. The van der Waals surface area contributed by atoms with Crippen molar-refractivity contribution in [1.82, 2.24) is 9.13 Å². The largest absolute Gasteiger partial charge is 0.328 e. The van der Waals surface area contributed by atoms with E-state index in [1.807, 2.05) is 18.2 Å². The van der Waals surface area contributed by atoms with E-state index < -0.39 is 0 Å². The molecule has 0 fully saturated rings. The smallest absolute Gasteiger partial charge is 0.324 e. The topological polar surface area (TPSA) is 52.9 Å². The Hall–Kier alpha value is -1.55.